The molecule has 0 unspecified atom stereocenters. The molecule has 3 heteroatoms. The predicted octanol–water partition coefficient (Wildman–Crippen LogP) is 1.72. The zero-order valence-electron chi connectivity index (χ0n) is 9.33. The molecule has 82 valence electrons. The number of hydrogen-bond donors (Lipinski definition) is 1. The molecule has 14 heavy (non-hydrogen) atoms. The molecule has 0 aliphatic carbocycles. The lowest BCUT2D eigenvalue weighted by atomic mass is 10.1. The quantitative estimate of drug-likeness (QED) is 0.725. The summed E-state index contributed by atoms with van der Waals surface area (Å²) in [5, 5.41) is 0. The first kappa shape index (κ1) is 12.1. The van der Waals surface area contributed by atoms with Crippen molar-refractivity contribution in [2.45, 2.75) is 25.0 Å². The van der Waals surface area contributed by atoms with Gasteiger partial charge in [0.25, 0.3) is 0 Å². The summed E-state index contributed by atoms with van der Waals surface area (Å²) < 4.78 is 0.465. The minimum Gasteiger partial charge on any atom is -0.327 e. The first-order chi connectivity index (χ1) is 6.64. The van der Waals surface area contributed by atoms with Gasteiger partial charge < -0.3 is 5.73 Å². The van der Waals surface area contributed by atoms with Crippen LogP contribution >= 0.6 is 11.8 Å². The Morgan fingerprint density at radius 3 is 2.86 bits per heavy atom. The normalized spacial score (nSPS) is 23.9. The van der Waals surface area contributed by atoms with Crippen LogP contribution in [0.1, 0.15) is 20.3 Å². The molecule has 0 atom stereocenters. The van der Waals surface area contributed by atoms with Gasteiger partial charge in [0.05, 0.1) is 0 Å². The van der Waals surface area contributed by atoms with Gasteiger partial charge in [-0.2, -0.15) is 11.8 Å². The van der Waals surface area contributed by atoms with Gasteiger partial charge in [-0.05, 0) is 13.0 Å². The van der Waals surface area contributed by atoms with E-state index in [0.717, 1.165) is 6.54 Å². The highest BCUT2D eigenvalue weighted by molar-refractivity contribution is 8.00. The molecule has 0 aromatic rings. The van der Waals surface area contributed by atoms with Gasteiger partial charge in [0.15, 0.2) is 0 Å². The van der Waals surface area contributed by atoms with Crippen LogP contribution in [0, 0.1) is 0 Å². The van der Waals surface area contributed by atoms with Gasteiger partial charge in [-0.25, -0.2) is 0 Å². The summed E-state index contributed by atoms with van der Waals surface area (Å²) in [6.07, 6.45) is 5.51. The lowest BCUT2D eigenvalue weighted by Gasteiger charge is -2.21. The second kappa shape index (κ2) is 5.79. The third-order valence-corrected chi connectivity index (χ3v) is 3.97. The number of nitrogens with zero attached hydrogens (tertiary/aromatic N) is 1. The molecule has 1 aliphatic heterocycles. The minimum atomic E-state index is 0.465. The molecular weight excluding hydrogens is 192 g/mol. The highest BCUT2D eigenvalue weighted by Crippen LogP contribution is 2.30. The lowest BCUT2D eigenvalue weighted by Crippen LogP contribution is -2.27. The molecule has 1 aliphatic rings. The summed E-state index contributed by atoms with van der Waals surface area (Å²) in [5.41, 5.74) is 5.41. The largest absolute Gasteiger partial charge is 0.327 e. The van der Waals surface area contributed by atoms with Crippen LogP contribution in [-0.4, -0.2) is 41.6 Å². The smallest absolute Gasteiger partial charge is 0.0164 e. The molecule has 2 nitrogen and oxygen atoms in total. The maximum Gasteiger partial charge on any atom is 0.0164 e. The Bertz CT molecular complexity index is 190. The fourth-order valence-corrected chi connectivity index (χ4v) is 2.70. The highest BCUT2D eigenvalue weighted by Gasteiger charge is 2.22. The summed E-state index contributed by atoms with van der Waals surface area (Å²) in [6.45, 7) is 8.84. The summed E-state index contributed by atoms with van der Waals surface area (Å²) in [5.74, 6) is 1.25. The van der Waals surface area contributed by atoms with Gasteiger partial charge in [0.2, 0.25) is 0 Å². The maximum atomic E-state index is 5.41. The van der Waals surface area contributed by atoms with E-state index < -0.39 is 0 Å². The molecule has 1 fully saturated rings. The SMILES string of the molecule is CC1(C)CCN(C/C=C/CN)CCS1. The molecule has 0 spiro atoms. The average molecular weight is 214 g/mol. The molecule has 0 aromatic heterocycles. The van der Waals surface area contributed by atoms with E-state index in [1.807, 2.05) is 6.08 Å². The summed E-state index contributed by atoms with van der Waals surface area (Å²) in [6, 6.07) is 0. The molecule has 0 aromatic carbocycles. The van der Waals surface area contributed by atoms with Crippen molar-refractivity contribution in [2.24, 2.45) is 5.73 Å². The second-order valence-electron chi connectivity index (χ2n) is 4.37. The van der Waals surface area contributed by atoms with Crippen LogP contribution < -0.4 is 5.73 Å². The average Bonchev–Trinajstić information content (AvgIpc) is 2.28. The Kier molecular flexibility index (Phi) is 4.99. The van der Waals surface area contributed by atoms with E-state index in [1.54, 1.807) is 0 Å². The van der Waals surface area contributed by atoms with Crippen LogP contribution in [0.3, 0.4) is 0 Å². The predicted molar refractivity (Wildman–Crippen MR) is 65.8 cm³/mol. The topological polar surface area (TPSA) is 29.3 Å². The van der Waals surface area contributed by atoms with Crippen LogP contribution in [0.4, 0.5) is 0 Å². The molecule has 0 radical (unpaired) electrons. The van der Waals surface area contributed by atoms with Crippen molar-refractivity contribution in [1.82, 2.24) is 4.90 Å². The van der Waals surface area contributed by atoms with E-state index >= 15 is 0 Å². The van der Waals surface area contributed by atoms with Crippen LogP contribution in [0.2, 0.25) is 0 Å². The minimum absolute atomic E-state index is 0.465. The van der Waals surface area contributed by atoms with Crippen molar-refractivity contribution in [1.29, 1.82) is 0 Å². The second-order valence-corrected chi connectivity index (χ2v) is 6.17. The molecule has 1 saturated heterocycles. The van der Waals surface area contributed by atoms with Crippen molar-refractivity contribution < 1.29 is 0 Å². The number of rotatable bonds is 3. The molecule has 1 rings (SSSR count). The van der Waals surface area contributed by atoms with Gasteiger partial charge in [-0.15, -0.1) is 0 Å². The van der Waals surface area contributed by atoms with Crippen LogP contribution in [0.25, 0.3) is 0 Å². The zero-order chi connectivity index (χ0) is 10.4. The number of thioether (sulfide) groups is 1. The van der Waals surface area contributed by atoms with Crippen LogP contribution in [0.15, 0.2) is 12.2 Å². The fraction of sp³-hybridized carbons (Fsp3) is 0.818. The van der Waals surface area contributed by atoms with Crippen molar-refractivity contribution in [3.05, 3.63) is 12.2 Å². The first-order valence-corrected chi connectivity index (χ1v) is 6.34. The van der Waals surface area contributed by atoms with E-state index in [2.05, 4.69) is 36.6 Å². The molecule has 0 saturated carbocycles. The monoisotopic (exact) mass is 214 g/mol. The van der Waals surface area contributed by atoms with Gasteiger partial charge in [0, 0.05) is 30.1 Å². The number of nitrogens with two attached hydrogens (primary N) is 1. The van der Waals surface area contributed by atoms with Crippen molar-refractivity contribution in [2.75, 3.05) is 31.9 Å². The first-order valence-electron chi connectivity index (χ1n) is 5.35. The van der Waals surface area contributed by atoms with E-state index in [-0.39, 0.29) is 0 Å². The third-order valence-electron chi connectivity index (χ3n) is 2.60. The standard InChI is InChI=1S/C11H22N2S/c1-11(2)5-8-13(9-10-14-11)7-4-3-6-12/h3-4H,5-10,12H2,1-2H3/b4-3+. The van der Waals surface area contributed by atoms with Crippen molar-refractivity contribution in [3.8, 4) is 0 Å². The Morgan fingerprint density at radius 1 is 1.36 bits per heavy atom. The number of hydrogen-bond acceptors (Lipinski definition) is 3. The summed E-state index contributed by atoms with van der Waals surface area (Å²) >= 11 is 2.09. The molecule has 2 N–H and O–H groups in total. The van der Waals surface area contributed by atoms with E-state index in [4.69, 9.17) is 5.73 Å². The van der Waals surface area contributed by atoms with E-state index in [1.165, 1.54) is 25.3 Å². The van der Waals surface area contributed by atoms with Crippen LogP contribution in [0.5, 0.6) is 0 Å². The van der Waals surface area contributed by atoms with Crippen molar-refractivity contribution >= 4 is 11.8 Å². The Morgan fingerprint density at radius 2 is 2.14 bits per heavy atom. The highest BCUT2D eigenvalue weighted by atomic mass is 32.2. The Balaban J connectivity index is 2.31. The van der Waals surface area contributed by atoms with Crippen molar-refractivity contribution in [3.63, 3.8) is 0 Å². The van der Waals surface area contributed by atoms with E-state index in [9.17, 15) is 0 Å². The third kappa shape index (κ3) is 4.49. The Labute approximate surface area is 91.9 Å². The van der Waals surface area contributed by atoms with Gasteiger partial charge in [-0.3, -0.25) is 4.90 Å². The summed E-state index contributed by atoms with van der Waals surface area (Å²) in [4.78, 5) is 2.51. The van der Waals surface area contributed by atoms with Gasteiger partial charge in [0.1, 0.15) is 0 Å². The lowest BCUT2D eigenvalue weighted by molar-refractivity contribution is 0.313. The molecule has 0 bridgehead atoms. The molecule has 0 amide bonds. The van der Waals surface area contributed by atoms with Crippen LogP contribution in [-0.2, 0) is 0 Å². The zero-order valence-corrected chi connectivity index (χ0v) is 10.1. The fourth-order valence-electron chi connectivity index (χ4n) is 1.56. The van der Waals surface area contributed by atoms with Gasteiger partial charge in [-0.1, -0.05) is 26.0 Å². The Hall–Kier alpha value is 0.01000. The maximum absolute atomic E-state index is 5.41. The molecular formula is C11H22N2S. The van der Waals surface area contributed by atoms with Gasteiger partial charge >= 0.3 is 0 Å². The van der Waals surface area contributed by atoms with E-state index in [0.29, 0.717) is 11.3 Å². The molecule has 1 heterocycles. The summed E-state index contributed by atoms with van der Waals surface area (Å²) in [7, 11) is 0.